The molecule has 1 unspecified atom stereocenters. The Bertz CT molecular complexity index is 348. The summed E-state index contributed by atoms with van der Waals surface area (Å²) in [6.45, 7) is 1.79. The maximum Gasteiger partial charge on any atom is 0.324 e. The van der Waals surface area contributed by atoms with Crippen molar-refractivity contribution in [2.45, 2.75) is 26.0 Å². The number of amides is 3. The summed E-state index contributed by atoms with van der Waals surface area (Å²) < 4.78 is 15.0. The van der Waals surface area contributed by atoms with Crippen LogP contribution in [0.1, 0.15) is 20.8 Å². The van der Waals surface area contributed by atoms with Gasteiger partial charge in [-0.1, -0.05) is 25.2 Å². The lowest BCUT2D eigenvalue weighted by Gasteiger charge is -2.34. The van der Waals surface area contributed by atoms with E-state index in [0.717, 1.165) is 20.7 Å². The number of hydrogen-bond acceptors (Lipinski definition) is 4. The molecule has 6 nitrogen and oxygen atoms in total. The Balaban J connectivity index is 5.31. The van der Waals surface area contributed by atoms with Crippen molar-refractivity contribution >= 4 is 30.0 Å². The lowest BCUT2D eigenvalue weighted by Crippen LogP contribution is -2.37. The molecule has 1 atom stereocenters. The standard InChI is InChI=1S/C9H20N3O3PS/c1-7(2)17-16(15,11(5)8(3)13)12(6)9(14)10-4/h7H,1-6H3,(H,10,14). The summed E-state index contributed by atoms with van der Waals surface area (Å²) in [4.78, 5) is 22.9. The minimum atomic E-state index is -3.26. The first-order chi connectivity index (χ1) is 7.66. The van der Waals surface area contributed by atoms with Crippen LogP contribution in [0.5, 0.6) is 0 Å². The summed E-state index contributed by atoms with van der Waals surface area (Å²) in [6, 6.07) is -0.477. The lowest BCUT2D eigenvalue weighted by molar-refractivity contribution is -0.123. The Labute approximate surface area is 106 Å². The van der Waals surface area contributed by atoms with Gasteiger partial charge in [-0.05, 0) is 0 Å². The molecule has 1 N–H and O–H groups in total. The topological polar surface area (TPSA) is 69.7 Å². The highest BCUT2D eigenvalue weighted by atomic mass is 32.7. The van der Waals surface area contributed by atoms with Gasteiger partial charge >= 0.3 is 12.7 Å². The number of urea groups is 1. The summed E-state index contributed by atoms with van der Waals surface area (Å²) in [5, 5.41) is 2.44. The Morgan fingerprint density at radius 2 is 1.71 bits per heavy atom. The Morgan fingerprint density at radius 3 is 2.00 bits per heavy atom. The molecular formula is C9H20N3O3PS. The Morgan fingerprint density at radius 1 is 1.24 bits per heavy atom. The third-order valence-electron chi connectivity index (χ3n) is 2.07. The van der Waals surface area contributed by atoms with E-state index in [0.29, 0.717) is 0 Å². The van der Waals surface area contributed by atoms with Gasteiger partial charge in [-0.3, -0.25) is 18.7 Å². The molecule has 0 rings (SSSR count). The van der Waals surface area contributed by atoms with Gasteiger partial charge < -0.3 is 5.32 Å². The van der Waals surface area contributed by atoms with Gasteiger partial charge in [0.15, 0.2) is 0 Å². The largest absolute Gasteiger partial charge is 0.341 e. The van der Waals surface area contributed by atoms with Crippen LogP contribution >= 0.6 is 18.0 Å². The van der Waals surface area contributed by atoms with E-state index in [4.69, 9.17) is 0 Å². The molecule has 0 aliphatic carbocycles. The molecule has 0 fully saturated rings. The van der Waals surface area contributed by atoms with E-state index in [1.165, 1.54) is 28.1 Å². The van der Waals surface area contributed by atoms with Crippen molar-refractivity contribution in [2.75, 3.05) is 21.1 Å². The van der Waals surface area contributed by atoms with Crippen LogP contribution in [0.15, 0.2) is 0 Å². The Hall–Kier alpha value is -0.680. The van der Waals surface area contributed by atoms with Crippen LogP contribution in [0.2, 0.25) is 0 Å². The predicted molar refractivity (Wildman–Crippen MR) is 71.0 cm³/mol. The summed E-state index contributed by atoms with van der Waals surface area (Å²) >= 11 is 1.12. The SMILES string of the molecule is CNC(=O)N(C)P(=O)(SC(C)C)N(C)C(C)=O. The fourth-order valence-electron chi connectivity index (χ4n) is 1.07. The maximum atomic E-state index is 12.8. The molecule has 17 heavy (non-hydrogen) atoms. The van der Waals surface area contributed by atoms with Crippen molar-refractivity contribution in [1.82, 2.24) is 14.7 Å². The van der Waals surface area contributed by atoms with E-state index in [1.54, 1.807) is 0 Å². The molecule has 0 aliphatic rings. The minimum absolute atomic E-state index is 0.0368. The fraction of sp³-hybridized carbons (Fsp3) is 0.778. The first-order valence-electron chi connectivity index (χ1n) is 5.16. The van der Waals surface area contributed by atoms with Crippen molar-refractivity contribution in [1.29, 1.82) is 0 Å². The van der Waals surface area contributed by atoms with Crippen LogP contribution in [-0.4, -0.2) is 47.7 Å². The van der Waals surface area contributed by atoms with Gasteiger partial charge in [0.2, 0.25) is 5.91 Å². The number of hydrogen-bond donors (Lipinski definition) is 1. The molecule has 8 heteroatoms. The summed E-state index contributed by atoms with van der Waals surface area (Å²) in [7, 11) is 4.32. The number of nitrogens with one attached hydrogen (secondary N) is 1. The second-order valence-corrected chi connectivity index (χ2v) is 9.16. The quantitative estimate of drug-likeness (QED) is 0.800. The van der Waals surface area contributed by atoms with Gasteiger partial charge in [-0.2, -0.15) is 0 Å². The fourth-order valence-corrected chi connectivity index (χ4v) is 6.06. The molecule has 100 valence electrons. The third kappa shape index (κ3) is 3.92. The predicted octanol–water partition coefficient (Wildman–Crippen LogP) is 1.99. The summed E-state index contributed by atoms with van der Waals surface area (Å²) in [5.74, 6) is -0.336. The van der Waals surface area contributed by atoms with E-state index in [2.05, 4.69) is 5.32 Å². The van der Waals surface area contributed by atoms with Crippen molar-refractivity contribution in [3.05, 3.63) is 0 Å². The molecular weight excluding hydrogens is 261 g/mol. The highest BCUT2D eigenvalue weighted by Gasteiger charge is 2.38. The van der Waals surface area contributed by atoms with Gasteiger partial charge in [-0.15, -0.1) is 0 Å². The molecule has 0 aromatic heterocycles. The molecule has 0 aromatic carbocycles. The van der Waals surface area contributed by atoms with Gasteiger partial charge in [0, 0.05) is 33.3 Å². The summed E-state index contributed by atoms with van der Waals surface area (Å²) in [5.41, 5.74) is 0. The van der Waals surface area contributed by atoms with Gasteiger partial charge in [0.05, 0.1) is 0 Å². The third-order valence-corrected chi connectivity index (χ3v) is 8.30. The van der Waals surface area contributed by atoms with E-state index < -0.39 is 12.7 Å². The first-order valence-corrected chi connectivity index (χ1v) is 8.25. The summed E-state index contributed by atoms with van der Waals surface area (Å²) in [6.07, 6.45) is 0. The zero-order chi connectivity index (χ0) is 13.8. The highest BCUT2D eigenvalue weighted by Crippen LogP contribution is 2.64. The highest BCUT2D eigenvalue weighted by molar-refractivity contribution is 8.57. The van der Waals surface area contributed by atoms with Gasteiger partial charge in [0.1, 0.15) is 0 Å². The van der Waals surface area contributed by atoms with Crippen molar-refractivity contribution in [3.8, 4) is 0 Å². The van der Waals surface area contributed by atoms with Crippen LogP contribution in [-0.2, 0) is 9.36 Å². The molecule has 0 spiro atoms. The van der Waals surface area contributed by atoms with E-state index in [9.17, 15) is 14.2 Å². The molecule has 0 aromatic rings. The number of carbonyl (C=O) groups is 2. The van der Waals surface area contributed by atoms with Gasteiger partial charge in [0.25, 0.3) is 0 Å². The maximum absolute atomic E-state index is 12.8. The number of carbonyl (C=O) groups excluding carboxylic acids is 2. The van der Waals surface area contributed by atoms with Crippen molar-refractivity contribution in [2.24, 2.45) is 0 Å². The molecule has 0 saturated heterocycles. The monoisotopic (exact) mass is 281 g/mol. The lowest BCUT2D eigenvalue weighted by atomic mass is 10.6. The first kappa shape index (κ1) is 16.3. The zero-order valence-electron chi connectivity index (χ0n) is 11.1. The average Bonchev–Trinajstić information content (AvgIpc) is 2.24. The smallest absolute Gasteiger partial charge is 0.324 e. The van der Waals surface area contributed by atoms with Crippen LogP contribution in [0.25, 0.3) is 0 Å². The molecule has 0 heterocycles. The van der Waals surface area contributed by atoms with Crippen LogP contribution < -0.4 is 5.32 Å². The van der Waals surface area contributed by atoms with E-state index in [1.807, 2.05) is 13.8 Å². The van der Waals surface area contributed by atoms with Crippen LogP contribution in [0.3, 0.4) is 0 Å². The number of rotatable bonds is 4. The van der Waals surface area contributed by atoms with Crippen molar-refractivity contribution < 1.29 is 14.2 Å². The molecule has 0 saturated carbocycles. The van der Waals surface area contributed by atoms with Crippen LogP contribution in [0, 0.1) is 0 Å². The van der Waals surface area contributed by atoms with Crippen molar-refractivity contribution in [3.63, 3.8) is 0 Å². The van der Waals surface area contributed by atoms with Crippen LogP contribution in [0.4, 0.5) is 4.79 Å². The normalized spacial score (nSPS) is 14.1. The van der Waals surface area contributed by atoms with E-state index >= 15 is 0 Å². The average molecular weight is 281 g/mol. The Kier molecular flexibility index (Phi) is 6.05. The van der Waals surface area contributed by atoms with Gasteiger partial charge in [-0.25, -0.2) is 4.79 Å². The molecule has 0 bridgehead atoms. The second-order valence-electron chi connectivity index (χ2n) is 3.77. The molecule has 3 amide bonds. The molecule has 0 aliphatic heterocycles. The second kappa shape index (κ2) is 6.31. The zero-order valence-corrected chi connectivity index (χ0v) is 12.8. The minimum Gasteiger partial charge on any atom is -0.341 e. The van der Waals surface area contributed by atoms with E-state index in [-0.39, 0.29) is 11.2 Å². The molecule has 0 radical (unpaired) electrons. The number of nitrogens with zero attached hydrogens (tertiary/aromatic N) is 2.